The van der Waals surface area contributed by atoms with Gasteiger partial charge in [0.05, 0.1) is 5.92 Å². The highest BCUT2D eigenvalue weighted by Gasteiger charge is 2.24. The molecule has 1 aliphatic carbocycles. The van der Waals surface area contributed by atoms with Gasteiger partial charge in [-0.1, -0.05) is 0 Å². The Balaban J connectivity index is 2.30. The van der Waals surface area contributed by atoms with Crippen LogP contribution in [0.4, 0.5) is 0 Å². The van der Waals surface area contributed by atoms with Crippen LogP contribution in [0, 0.1) is 11.8 Å². The van der Waals surface area contributed by atoms with Gasteiger partial charge in [0.25, 0.3) is 0 Å². The molecule has 1 saturated carbocycles. The molecule has 0 aromatic rings. The predicted octanol–water partition coefficient (Wildman–Crippen LogP) is 1.16. The van der Waals surface area contributed by atoms with Gasteiger partial charge in [-0.25, -0.2) is 0 Å². The highest BCUT2D eigenvalue weighted by atomic mass is 16.4. The van der Waals surface area contributed by atoms with Gasteiger partial charge >= 0.3 is 5.97 Å². The Labute approximate surface area is 66.6 Å². The highest BCUT2D eigenvalue weighted by Crippen LogP contribution is 2.28. The van der Waals surface area contributed by atoms with Crippen LogP contribution in [0.15, 0.2) is 0 Å². The van der Waals surface area contributed by atoms with Crippen molar-refractivity contribution in [1.82, 2.24) is 5.73 Å². The molecule has 0 unspecified atom stereocenters. The molecule has 0 aliphatic heterocycles. The van der Waals surface area contributed by atoms with Crippen molar-refractivity contribution in [2.75, 3.05) is 6.54 Å². The third kappa shape index (κ3) is 2.19. The maximum Gasteiger partial charge on any atom is 0.306 e. The first kappa shape index (κ1) is 8.53. The quantitative estimate of drug-likeness (QED) is 0.652. The van der Waals surface area contributed by atoms with E-state index in [1.54, 1.807) is 0 Å². The Morgan fingerprint density at radius 3 is 2.27 bits per heavy atom. The SMILES string of the molecule is [NH]CC1CCC(C(=O)O)CC1. The molecule has 0 saturated heterocycles. The molecule has 0 spiro atoms. The van der Waals surface area contributed by atoms with Gasteiger partial charge < -0.3 is 5.11 Å². The maximum atomic E-state index is 10.5. The summed E-state index contributed by atoms with van der Waals surface area (Å²) in [7, 11) is 0. The summed E-state index contributed by atoms with van der Waals surface area (Å²) in [6.07, 6.45) is 3.42. The normalized spacial score (nSPS) is 31.7. The van der Waals surface area contributed by atoms with E-state index in [0.29, 0.717) is 12.5 Å². The fraction of sp³-hybridized carbons (Fsp3) is 0.875. The second kappa shape index (κ2) is 3.72. The van der Waals surface area contributed by atoms with E-state index >= 15 is 0 Å². The molecular weight excluding hydrogens is 142 g/mol. The summed E-state index contributed by atoms with van der Waals surface area (Å²) in [5.74, 6) is -0.322. The van der Waals surface area contributed by atoms with Crippen LogP contribution in [-0.2, 0) is 4.79 Å². The van der Waals surface area contributed by atoms with Crippen molar-refractivity contribution in [3.8, 4) is 0 Å². The van der Waals surface area contributed by atoms with Crippen molar-refractivity contribution in [2.45, 2.75) is 25.7 Å². The Morgan fingerprint density at radius 1 is 1.36 bits per heavy atom. The van der Waals surface area contributed by atoms with Gasteiger partial charge in [0.15, 0.2) is 0 Å². The molecular formula is C8H14NO2. The summed E-state index contributed by atoms with van der Waals surface area (Å²) in [4.78, 5) is 10.5. The van der Waals surface area contributed by atoms with Crippen molar-refractivity contribution in [2.24, 2.45) is 11.8 Å². The number of hydrogen-bond donors (Lipinski definition) is 1. The molecule has 0 heterocycles. The van der Waals surface area contributed by atoms with Crippen molar-refractivity contribution in [1.29, 1.82) is 0 Å². The lowest BCUT2D eigenvalue weighted by Crippen LogP contribution is -2.23. The number of carboxylic acids is 1. The topological polar surface area (TPSA) is 61.1 Å². The van der Waals surface area contributed by atoms with E-state index < -0.39 is 5.97 Å². The first-order valence-corrected chi connectivity index (χ1v) is 4.11. The zero-order chi connectivity index (χ0) is 8.27. The second-order valence-corrected chi connectivity index (χ2v) is 3.26. The van der Waals surface area contributed by atoms with Gasteiger partial charge in [-0.2, -0.15) is 0 Å². The van der Waals surface area contributed by atoms with Gasteiger partial charge in [-0.05, 0) is 31.6 Å². The van der Waals surface area contributed by atoms with Crippen molar-refractivity contribution < 1.29 is 9.90 Å². The Bertz CT molecular complexity index is 139. The Hall–Kier alpha value is -0.570. The van der Waals surface area contributed by atoms with Crippen LogP contribution in [0.25, 0.3) is 0 Å². The molecule has 0 amide bonds. The van der Waals surface area contributed by atoms with Gasteiger partial charge in [-0.15, -0.1) is 0 Å². The Kier molecular flexibility index (Phi) is 2.88. The second-order valence-electron chi connectivity index (χ2n) is 3.26. The van der Waals surface area contributed by atoms with Crippen LogP contribution in [0.3, 0.4) is 0 Å². The molecule has 1 aliphatic rings. The predicted molar refractivity (Wildman–Crippen MR) is 41.0 cm³/mol. The van der Waals surface area contributed by atoms with Crippen molar-refractivity contribution in [3.63, 3.8) is 0 Å². The van der Waals surface area contributed by atoms with Crippen LogP contribution in [0.1, 0.15) is 25.7 Å². The highest BCUT2D eigenvalue weighted by molar-refractivity contribution is 5.69. The van der Waals surface area contributed by atoms with Crippen molar-refractivity contribution in [3.05, 3.63) is 0 Å². The molecule has 2 N–H and O–H groups in total. The van der Waals surface area contributed by atoms with Gasteiger partial charge in [0.1, 0.15) is 0 Å². The van der Waals surface area contributed by atoms with Gasteiger partial charge in [0.2, 0.25) is 0 Å². The summed E-state index contributed by atoms with van der Waals surface area (Å²) in [5.41, 5.74) is 7.12. The average molecular weight is 156 g/mol. The molecule has 0 aromatic heterocycles. The van der Waals surface area contributed by atoms with Gasteiger partial charge in [-0.3, -0.25) is 10.5 Å². The summed E-state index contributed by atoms with van der Waals surface area (Å²) in [6.45, 7) is 0.465. The minimum Gasteiger partial charge on any atom is -0.481 e. The molecule has 0 bridgehead atoms. The lowest BCUT2D eigenvalue weighted by molar-refractivity contribution is -0.143. The molecule has 11 heavy (non-hydrogen) atoms. The van der Waals surface area contributed by atoms with E-state index in [2.05, 4.69) is 0 Å². The maximum absolute atomic E-state index is 10.5. The summed E-state index contributed by atoms with van der Waals surface area (Å²) >= 11 is 0. The third-order valence-corrected chi connectivity index (χ3v) is 2.48. The first-order valence-electron chi connectivity index (χ1n) is 4.11. The van der Waals surface area contributed by atoms with Crippen molar-refractivity contribution >= 4 is 5.97 Å². The van der Waals surface area contributed by atoms with E-state index in [1.165, 1.54) is 0 Å². The molecule has 3 heteroatoms. The van der Waals surface area contributed by atoms with Crippen LogP contribution in [0.5, 0.6) is 0 Å². The van der Waals surface area contributed by atoms with Crippen LogP contribution >= 0.6 is 0 Å². The standard InChI is InChI=1S/C8H14NO2/c9-5-6-1-3-7(4-2-6)8(10)11/h6-7,9H,1-5H2,(H,10,11). The molecule has 63 valence electrons. The molecule has 1 fully saturated rings. The average Bonchev–Trinajstić information content (AvgIpc) is 2.05. The Morgan fingerprint density at radius 2 is 1.91 bits per heavy atom. The van der Waals surface area contributed by atoms with Crippen LogP contribution in [-0.4, -0.2) is 17.6 Å². The summed E-state index contributed by atoms with van der Waals surface area (Å²) < 4.78 is 0. The van der Waals surface area contributed by atoms with Gasteiger partial charge in [0, 0.05) is 6.54 Å². The molecule has 1 rings (SSSR count). The number of carbonyl (C=O) groups is 1. The smallest absolute Gasteiger partial charge is 0.306 e. The molecule has 3 nitrogen and oxygen atoms in total. The number of rotatable bonds is 2. The van der Waals surface area contributed by atoms with Crippen LogP contribution in [0.2, 0.25) is 0 Å². The van der Waals surface area contributed by atoms with Crippen LogP contribution < -0.4 is 5.73 Å². The number of nitrogens with one attached hydrogen (secondary N) is 1. The van der Waals surface area contributed by atoms with E-state index in [1.807, 2.05) is 0 Å². The van der Waals surface area contributed by atoms with E-state index in [0.717, 1.165) is 25.7 Å². The summed E-state index contributed by atoms with van der Waals surface area (Å²) in [5, 5.41) is 8.65. The number of hydrogen-bond acceptors (Lipinski definition) is 1. The minimum atomic E-state index is -0.659. The van der Waals surface area contributed by atoms with E-state index in [4.69, 9.17) is 10.8 Å². The fourth-order valence-corrected chi connectivity index (χ4v) is 1.61. The third-order valence-electron chi connectivity index (χ3n) is 2.48. The lowest BCUT2D eigenvalue weighted by Gasteiger charge is -2.24. The molecule has 1 radical (unpaired) electrons. The molecule has 0 atom stereocenters. The summed E-state index contributed by atoms with van der Waals surface area (Å²) in [6, 6.07) is 0. The lowest BCUT2D eigenvalue weighted by atomic mass is 9.82. The van der Waals surface area contributed by atoms with E-state index in [-0.39, 0.29) is 5.92 Å². The first-order chi connectivity index (χ1) is 5.24. The minimum absolute atomic E-state index is 0.127. The number of aliphatic carboxylic acids is 1. The molecule has 0 aromatic carbocycles. The zero-order valence-corrected chi connectivity index (χ0v) is 6.55. The van der Waals surface area contributed by atoms with E-state index in [9.17, 15) is 4.79 Å². The number of carboxylic acid groups (broad SMARTS) is 1. The fourth-order valence-electron chi connectivity index (χ4n) is 1.61. The zero-order valence-electron chi connectivity index (χ0n) is 6.55. The monoisotopic (exact) mass is 156 g/mol. The largest absolute Gasteiger partial charge is 0.481 e.